The van der Waals surface area contributed by atoms with Crippen molar-refractivity contribution in [3.63, 3.8) is 0 Å². The molecule has 0 aliphatic rings. The van der Waals surface area contributed by atoms with Gasteiger partial charge < -0.3 is 15.0 Å². The van der Waals surface area contributed by atoms with E-state index in [2.05, 4.69) is 25.2 Å². The van der Waals surface area contributed by atoms with Gasteiger partial charge in [0.05, 0.1) is 11.9 Å². The van der Waals surface area contributed by atoms with Gasteiger partial charge in [0.2, 0.25) is 5.91 Å². The Morgan fingerprint density at radius 1 is 1.29 bits per heavy atom. The molecule has 0 saturated heterocycles. The summed E-state index contributed by atoms with van der Waals surface area (Å²) in [6, 6.07) is 6.28. The molecule has 34 heavy (non-hydrogen) atoms. The van der Waals surface area contributed by atoms with Crippen LogP contribution in [-0.4, -0.2) is 61.8 Å². The quantitative estimate of drug-likeness (QED) is 0.337. The topological polar surface area (TPSA) is 107 Å². The zero-order valence-electron chi connectivity index (χ0n) is 17.9. The number of aromatic nitrogens is 5. The Bertz CT molecular complexity index is 1370. The number of halogens is 3. The van der Waals surface area contributed by atoms with Crippen LogP contribution in [0.5, 0.6) is 5.75 Å². The molecule has 3 heterocycles. The molecular weight excluding hydrogens is 563 g/mol. The van der Waals surface area contributed by atoms with Crippen molar-refractivity contribution in [3.05, 3.63) is 58.2 Å². The lowest BCUT2D eigenvalue weighted by molar-refractivity contribution is -0.129. The molecule has 0 aliphatic carbocycles. The largest absolute Gasteiger partial charge is 0.434 e. The third-order valence-electron chi connectivity index (χ3n) is 4.74. The predicted molar refractivity (Wildman–Crippen MR) is 127 cm³/mol. The summed E-state index contributed by atoms with van der Waals surface area (Å²) in [5.41, 5.74) is 1.14. The lowest BCUT2D eigenvalue weighted by Gasteiger charge is -2.11. The van der Waals surface area contributed by atoms with E-state index in [1.54, 1.807) is 38.5 Å². The summed E-state index contributed by atoms with van der Waals surface area (Å²) < 4.78 is 34.3. The third-order valence-corrected chi connectivity index (χ3v) is 5.41. The molecule has 0 atom stereocenters. The van der Waals surface area contributed by atoms with Crippen molar-refractivity contribution < 1.29 is 23.1 Å². The first kappa shape index (κ1) is 23.5. The molecule has 4 aromatic rings. The highest BCUT2D eigenvalue weighted by molar-refractivity contribution is 14.1. The molecule has 0 aliphatic heterocycles. The van der Waals surface area contributed by atoms with Crippen molar-refractivity contribution in [3.8, 4) is 17.0 Å². The Hall–Kier alpha value is -3.62. The van der Waals surface area contributed by atoms with E-state index in [9.17, 15) is 18.4 Å². The van der Waals surface area contributed by atoms with Crippen molar-refractivity contribution in [1.82, 2.24) is 29.3 Å². The summed E-state index contributed by atoms with van der Waals surface area (Å²) in [4.78, 5) is 30.9. The molecule has 0 bridgehead atoms. The van der Waals surface area contributed by atoms with E-state index in [1.165, 1.54) is 38.8 Å². The number of anilines is 1. The van der Waals surface area contributed by atoms with Crippen molar-refractivity contribution >= 4 is 45.7 Å². The van der Waals surface area contributed by atoms with E-state index < -0.39 is 12.5 Å². The monoisotopic (exact) mass is 581 g/mol. The number of benzene rings is 1. The number of alkyl halides is 2. The van der Waals surface area contributed by atoms with Gasteiger partial charge in [-0.05, 0) is 46.9 Å². The van der Waals surface area contributed by atoms with Crippen molar-refractivity contribution in [1.29, 1.82) is 0 Å². The molecule has 0 saturated carbocycles. The SMILES string of the molecule is CN(C)C(=O)Cn1cc(NC(=O)c2cnn3cccnc23)c(-c2cc(I)ccc2OC(F)F)n1. The lowest BCUT2D eigenvalue weighted by atomic mass is 10.1. The summed E-state index contributed by atoms with van der Waals surface area (Å²) in [6.07, 6.45) is 6.01. The van der Waals surface area contributed by atoms with E-state index >= 15 is 0 Å². The van der Waals surface area contributed by atoms with Crippen LogP contribution in [0.2, 0.25) is 0 Å². The summed E-state index contributed by atoms with van der Waals surface area (Å²) in [5, 5.41) is 11.2. The van der Waals surface area contributed by atoms with E-state index in [0.29, 0.717) is 5.65 Å². The van der Waals surface area contributed by atoms with Gasteiger partial charge in [0.25, 0.3) is 5.91 Å². The summed E-state index contributed by atoms with van der Waals surface area (Å²) in [6.45, 7) is -3.18. The van der Waals surface area contributed by atoms with Crippen LogP contribution in [0.4, 0.5) is 14.5 Å². The first-order chi connectivity index (χ1) is 16.2. The second kappa shape index (κ2) is 9.70. The van der Waals surface area contributed by atoms with Gasteiger partial charge in [0.1, 0.15) is 23.6 Å². The average Bonchev–Trinajstić information content (AvgIpc) is 3.38. The Labute approximate surface area is 205 Å². The highest BCUT2D eigenvalue weighted by Gasteiger charge is 2.22. The summed E-state index contributed by atoms with van der Waals surface area (Å²) in [5.74, 6) is -0.895. The predicted octanol–water partition coefficient (Wildman–Crippen LogP) is 3.14. The van der Waals surface area contributed by atoms with Crippen LogP contribution in [0, 0.1) is 3.57 Å². The number of hydrogen-bond donors (Lipinski definition) is 1. The fourth-order valence-corrected chi connectivity index (χ4v) is 3.63. The van der Waals surface area contributed by atoms with Gasteiger partial charge in [0.15, 0.2) is 5.65 Å². The molecule has 176 valence electrons. The molecule has 2 amide bonds. The molecule has 1 aromatic carbocycles. The Kier molecular flexibility index (Phi) is 6.72. The Morgan fingerprint density at radius 3 is 2.82 bits per heavy atom. The third kappa shape index (κ3) is 4.98. The van der Waals surface area contributed by atoms with Crippen LogP contribution in [0.25, 0.3) is 16.9 Å². The Morgan fingerprint density at radius 2 is 2.09 bits per heavy atom. The molecule has 0 radical (unpaired) electrons. The van der Waals surface area contributed by atoms with E-state index in [4.69, 9.17) is 0 Å². The van der Waals surface area contributed by atoms with Gasteiger partial charge in [-0.2, -0.15) is 19.0 Å². The fraction of sp³-hybridized carbons (Fsp3) is 0.190. The van der Waals surface area contributed by atoms with Gasteiger partial charge in [0, 0.05) is 41.8 Å². The minimum Gasteiger partial charge on any atom is -0.434 e. The van der Waals surface area contributed by atoms with Crippen LogP contribution in [0.1, 0.15) is 10.4 Å². The smallest absolute Gasteiger partial charge is 0.387 e. The number of carbonyl (C=O) groups is 2. The average molecular weight is 581 g/mol. The van der Waals surface area contributed by atoms with Gasteiger partial charge in [-0.1, -0.05) is 0 Å². The van der Waals surface area contributed by atoms with Crippen LogP contribution in [0.3, 0.4) is 0 Å². The molecule has 4 rings (SSSR count). The maximum Gasteiger partial charge on any atom is 0.387 e. The number of hydrogen-bond acceptors (Lipinski definition) is 6. The highest BCUT2D eigenvalue weighted by Crippen LogP contribution is 2.36. The molecule has 0 spiro atoms. The molecule has 3 aromatic heterocycles. The first-order valence-corrected chi connectivity index (χ1v) is 10.9. The van der Waals surface area contributed by atoms with E-state index in [-0.39, 0.29) is 40.7 Å². The minimum atomic E-state index is -3.06. The number of carbonyl (C=O) groups excluding carboxylic acids is 2. The minimum absolute atomic E-state index is 0.118. The number of amides is 2. The van der Waals surface area contributed by atoms with Crippen molar-refractivity contribution in [2.75, 3.05) is 19.4 Å². The van der Waals surface area contributed by atoms with Gasteiger partial charge in [-0.3, -0.25) is 14.3 Å². The van der Waals surface area contributed by atoms with Crippen molar-refractivity contribution in [2.24, 2.45) is 0 Å². The van der Waals surface area contributed by atoms with Gasteiger partial charge in [-0.25, -0.2) is 9.50 Å². The highest BCUT2D eigenvalue weighted by atomic mass is 127. The standard InChI is InChI=1S/C21H18F2IN7O3/c1-29(2)17(32)11-30-10-15(27-20(33)14-9-26-31-7-3-6-25-19(14)31)18(28-30)13-8-12(24)4-5-16(13)34-21(22)23/h3-10,21H,11H2,1-2H3,(H,27,33). The van der Waals surface area contributed by atoms with Crippen LogP contribution in [0.15, 0.2) is 49.1 Å². The molecule has 0 unspecified atom stereocenters. The molecule has 10 nitrogen and oxygen atoms in total. The lowest BCUT2D eigenvalue weighted by Crippen LogP contribution is -2.26. The van der Waals surface area contributed by atoms with Gasteiger partial charge >= 0.3 is 6.61 Å². The second-order valence-electron chi connectivity index (χ2n) is 7.30. The zero-order valence-corrected chi connectivity index (χ0v) is 20.1. The molecule has 0 fully saturated rings. The fourth-order valence-electron chi connectivity index (χ4n) is 3.14. The number of ether oxygens (including phenoxy) is 1. The van der Waals surface area contributed by atoms with Crippen LogP contribution < -0.4 is 10.1 Å². The maximum absolute atomic E-state index is 13.1. The Balaban J connectivity index is 1.77. The molecule has 13 heteroatoms. The van der Waals surface area contributed by atoms with Crippen LogP contribution >= 0.6 is 22.6 Å². The number of likely N-dealkylation sites (N-methyl/N-ethyl adjacent to an activating group) is 1. The number of rotatable bonds is 7. The normalized spacial score (nSPS) is 11.1. The van der Waals surface area contributed by atoms with E-state index in [0.717, 1.165) is 3.57 Å². The van der Waals surface area contributed by atoms with Gasteiger partial charge in [-0.15, -0.1) is 0 Å². The second-order valence-corrected chi connectivity index (χ2v) is 8.54. The van der Waals surface area contributed by atoms with Crippen LogP contribution in [-0.2, 0) is 11.3 Å². The van der Waals surface area contributed by atoms with Crippen molar-refractivity contribution in [2.45, 2.75) is 13.2 Å². The molecule has 1 N–H and O–H groups in total. The number of nitrogens with one attached hydrogen (secondary N) is 1. The van der Waals surface area contributed by atoms with E-state index in [1.807, 2.05) is 22.6 Å². The number of fused-ring (bicyclic) bond motifs is 1. The summed E-state index contributed by atoms with van der Waals surface area (Å²) in [7, 11) is 3.20. The maximum atomic E-state index is 13.1. The zero-order chi connectivity index (χ0) is 24.4. The molecular formula is C21H18F2IN7O3. The summed E-state index contributed by atoms with van der Waals surface area (Å²) >= 11 is 2.03. The first-order valence-electron chi connectivity index (χ1n) is 9.85. The number of nitrogens with zero attached hydrogens (tertiary/aromatic N) is 6.